The Hall–Kier alpha value is -4.18. The molecule has 0 aliphatic carbocycles. The molecule has 0 radical (unpaired) electrons. The van der Waals surface area contributed by atoms with Crippen LogP contribution < -0.4 is 19.5 Å². The van der Waals surface area contributed by atoms with Crippen LogP contribution in [0.1, 0.15) is 6.42 Å². The highest BCUT2D eigenvalue weighted by Crippen LogP contribution is 2.23. The third-order valence-corrected chi connectivity index (χ3v) is 6.34. The van der Waals surface area contributed by atoms with E-state index in [0.29, 0.717) is 30.2 Å². The van der Waals surface area contributed by atoms with Gasteiger partial charge >= 0.3 is 12.1 Å². The number of methoxy groups -OCH3 is 1. The number of hydrogen-bond acceptors (Lipinski definition) is 9. The maximum absolute atomic E-state index is 12.7. The molecular formula is C22H22F3N5O7S. The van der Waals surface area contributed by atoms with E-state index in [2.05, 4.69) is 20.1 Å². The van der Waals surface area contributed by atoms with Crippen LogP contribution in [-0.2, 0) is 19.6 Å². The van der Waals surface area contributed by atoms with Gasteiger partial charge in [0, 0.05) is 25.4 Å². The molecule has 2 atom stereocenters. The average molecular weight is 558 g/mol. The topological polar surface area (TPSA) is 162 Å². The molecular weight excluding hydrogens is 535 g/mol. The predicted molar refractivity (Wildman–Crippen MR) is 124 cm³/mol. The van der Waals surface area contributed by atoms with Crippen molar-refractivity contribution in [2.24, 2.45) is 0 Å². The molecule has 16 heteroatoms. The van der Waals surface area contributed by atoms with E-state index in [1.165, 1.54) is 24.2 Å². The zero-order valence-electron chi connectivity index (χ0n) is 19.6. The van der Waals surface area contributed by atoms with Crippen LogP contribution in [0.5, 0.6) is 11.5 Å². The van der Waals surface area contributed by atoms with Crippen molar-refractivity contribution in [2.75, 3.05) is 13.7 Å². The second-order valence-corrected chi connectivity index (χ2v) is 9.37. The number of para-hydroxylation sites is 2. The van der Waals surface area contributed by atoms with Gasteiger partial charge in [0.25, 0.3) is 15.9 Å². The Labute approximate surface area is 214 Å². The van der Waals surface area contributed by atoms with Gasteiger partial charge in [-0.05, 0) is 24.3 Å². The zero-order valence-corrected chi connectivity index (χ0v) is 20.4. The van der Waals surface area contributed by atoms with Crippen molar-refractivity contribution < 1.29 is 45.8 Å². The summed E-state index contributed by atoms with van der Waals surface area (Å²) in [4.78, 5) is 25.2. The molecule has 1 fully saturated rings. The lowest BCUT2D eigenvalue weighted by atomic mass is 10.2. The van der Waals surface area contributed by atoms with Crippen molar-refractivity contribution in [1.82, 2.24) is 24.8 Å². The van der Waals surface area contributed by atoms with Crippen molar-refractivity contribution >= 4 is 21.9 Å². The maximum atomic E-state index is 12.7. The summed E-state index contributed by atoms with van der Waals surface area (Å²) in [6.45, 7) is 0.423. The standard InChI is InChI=1S/C20H21N5O5S.C2HF3O2/c1-29-19-5-3-2-4-18(19)25-13-16(12-23-25)31(27,28)24-20(26)17-10-15(11-22-17)30-14-6-8-21-9-7-14;3-2(4,5)1(6)7/h2-9,12-13,15,17,22H,10-11H2,1H3,(H,24,26);(H,6,7)/t15-,17-;/m0./s1. The van der Waals surface area contributed by atoms with Crippen LogP contribution >= 0.6 is 0 Å². The molecule has 12 nitrogen and oxygen atoms in total. The number of nitrogens with one attached hydrogen (secondary N) is 2. The average Bonchev–Trinajstić information content (AvgIpc) is 3.55. The lowest BCUT2D eigenvalue weighted by molar-refractivity contribution is -0.192. The number of halogens is 3. The maximum Gasteiger partial charge on any atom is 0.490 e. The van der Waals surface area contributed by atoms with Gasteiger partial charge < -0.3 is 19.9 Å². The van der Waals surface area contributed by atoms with Gasteiger partial charge in [-0.2, -0.15) is 18.3 Å². The predicted octanol–water partition coefficient (Wildman–Crippen LogP) is 1.52. The summed E-state index contributed by atoms with van der Waals surface area (Å²) >= 11 is 0. The summed E-state index contributed by atoms with van der Waals surface area (Å²) in [6.07, 6.45) is 0.725. The zero-order chi connectivity index (χ0) is 27.9. The van der Waals surface area contributed by atoms with Crippen molar-refractivity contribution in [3.8, 4) is 17.2 Å². The molecule has 204 valence electrons. The number of hydrogen-bond donors (Lipinski definition) is 3. The summed E-state index contributed by atoms with van der Waals surface area (Å²) in [5, 5.41) is 14.2. The first-order valence-corrected chi connectivity index (χ1v) is 12.2. The fourth-order valence-electron chi connectivity index (χ4n) is 3.26. The number of ether oxygens (including phenoxy) is 2. The normalized spacial score (nSPS) is 17.2. The lowest BCUT2D eigenvalue weighted by Gasteiger charge is -2.13. The lowest BCUT2D eigenvalue weighted by Crippen LogP contribution is -2.43. The smallest absolute Gasteiger partial charge is 0.490 e. The molecule has 1 amide bonds. The number of carbonyl (C=O) groups excluding carboxylic acids is 1. The van der Waals surface area contributed by atoms with E-state index in [1.54, 1.807) is 48.8 Å². The quantitative estimate of drug-likeness (QED) is 0.388. The van der Waals surface area contributed by atoms with Gasteiger partial charge in [-0.25, -0.2) is 22.6 Å². The van der Waals surface area contributed by atoms with Crippen molar-refractivity contribution in [3.05, 3.63) is 61.2 Å². The van der Waals surface area contributed by atoms with Gasteiger partial charge in [0.1, 0.15) is 28.2 Å². The first-order chi connectivity index (χ1) is 17.9. The van der Waals surface area contributed by atoms with Crippen LogP contribution in [0.2, 0.25) is 0 Å². The molecule has 1 saturated heterocycles. The Bertz CT molecular complexity index is 1370. The molecule has 3 N–H and O–H groups in total. The van der Waals surface area contributed by atoms with Gasteiger partial charge in [0.05, 0.1) is 25.5 Å². The van der Waals surface area contributed by atoms with Gasteiger partial charge in [-0.15, -0.1) is 0 Å². The number of pyridine rings is 1. The number of benzene rings is 1. The highest BCUT2D eigenvalue weighted by Gasteiger charge is 2.38. The molecule has 4 rings (SSSR count). The highest BCUT2D eigenvalue weighted by atomic mass is 32.2. The molecule has 2 aromatic heterocycles. The van der Waals surface area contributed by atoms with Crippen molar-refractivity contribution in [3.63, 3.8) is 0 Å². The van der Waals surface area contributed by atoms with Gasteiger partial charge in [0.15, 0.2) is 0 Å². The van der Waals surface area contributed by atoms with Gasteiger partial charge in [-0.1, -0.05) is 12.1 Å². The number of carboxylic acids is 1. The number of rotatable bonds is 7. The number of aromatic nitrogens is 3. The summed E-state index contributed by atoms with van der Waals surface area (Å²) in [5.41, 5.74) is 0.575. The van der Waals surface area contributed by atoms with Crippen molar-refractivity contribution in [2.45, 2.75) is 29.6 Å². The van der Waals surface area contributed by atoms with E-state index in [-0.39, 0.29) is 11.0 Å². The first-order valence-electron chi connectivity index (χ1n) is 10.8. The number of sulfonamides is 1. The van der Waals surface area contributed by atoms with E-state index >= 15 is 0 Å². The fraction of sp³-hybridized carbons (Fsp3) is 0.273. The van der Waals surface area contributed by atoms with E-state index in [1.807, 2.05) is 0 Å². The number of alkyl halides is 3. The van der Waals surface area contributed by atoms with E-state index in [9.17, 15) is 26.4 Å². The van der Waals surface area contributed by atoms with Crippen molar-refractivity contribution in [1.29, 1.82) is 0 Å². The minimum Gasteiger partial charge on any atom is -0.494 e. The summed E-state index contributed by atoms with van der Waals surface area (Å²) in [7, 11) is -2.58. The monoisotopic (exact) mass is 557 g/mol. The highest BCUT2D eigenvalue weighted by molar-refractivity contribution is 7.90. The first kappa shape index (κ1) is 28.4. The molecule has 0 bridgehead atoms. The second-order valence-electron chi connectivity index (χ2n) is 7.68. The molecule has 1 aliphatic heterocycles. The molecule has 3 aromatic rings. The molecule has 0 saturated carbocycles. The van der Waals surface area contributed by atoms with E-state index in [0.717, 1.165) is 0 Å². The van der Waals surface area contributed by atoms with E-state index < -0.39 is 34.1 Å². The number of carbonyl (C=O) groups is 2. The van der Waals surface area contributed by atoms with Crippen LogP contribution in [0.15, 0.2) is 66.1 Å². The summed E-state index contributed by atoms with van der Waals surface area (Å²) < 4.78 is 71.7. The third kappa shape index (κ3) is 7.42. The molecule has 1 aromatic carbocycles. The Morgan fingerprint density at radius 2 is 1.84 bits per heavy atom. The van der Waals surface area contributed by atoms with Crippen LogP contribution in [0.3, 0.4) is 0 Å². The molecule has 1 aliphatic rings. The van der Waals surface area contributed by atoms with E-state index in [4.69, 9.17) is 19.4 Å². The van der Waals surface area contributed by atoms with Crippen LogP contribution in [-0.4, -0.2) is 72.1 Å². The largest absolute Gasteiger partial charge is 0.494 e. The second kappa shape index (κ2) is 11.9. The number of carboxylic acid groups (broad SMARTS) is 1. The fourth-order valence-corrected chi connectivity index (χ4v) is 4.21. The SMILES string of the molecule is COc1ccccc1-n1cc(S(=O)(=O)NC(=O)[C@@H]2C[C@H](Oc3ccncc3)CN2)cn1.O=C(O)C(F)(F)F. The number of nitrogens with zero attached hydrogens (tertiary/aromatic N) is 3. The minimum atomic E-state index is -5.08. The molecule has 0 unspecified atom stereocenters. The third-order valence-electron chi connectivity index (χ3n) is 5.04. The Balaban J connectivity index is 0.000000505. The summed E-state index contributed by atoms with van der Waals surface area (Å²) in [5.74, 6) is -2.23. The molecule has 0 spiro atoms. The van der Waals surface area contributed by atoms with Crippen LogP contribution in [0, 0.1) is 0 Å². The molecule has 38 heavy (non-hydrogen) atoms. The van der Waals surface area contributed by atoms with Gasteiger partial charge in [0.2, 0.25) is 0 Å². The number of amides is 1. The Morgan fingerprint density at radius 3 is 2.47 bits per heavy atom. The Morgan fingerprint density at radius 1 is 1.18 bits per heavy atom. The number of aliphatic carboxylic acids is 1. The molecule has 3 heterocycles. The Kier molecular flexibility index (Phi) is 8.90. The summed E-state index contributed by atoms with van der Waals surface area (Å²) in [6, 6.07) is 9.81. The van der Waals surface area contributed by atoms with Gasteiger partial charge in [-0.3, -0.25) is 9.78 Å². The van der Waals surface area contributed by atoms with Crippen LogP contribution in [0.25, 0.3) is 5.69 Å². The van der Waals surface area contributed by atoms with Crippen LogP contribution in [0.4, 0.5) is 13.2 Å². The minimum absolute atomic E-state index is 0.130.